The number of unbranched alkanes of at least 4 members (excludes halogenated alkanes) is 1. The number of carbonyl (C=O) groups is 2. The van der Waals surface area contributed by atoms with Gasteiger partial charge in [-0.05, 0) is 38.2 Å². The maximum atomic E-state index is 12.2. The summed E-state index contributed by atoms with van der Waals surface area (Å²) in [5.41, 5.74) is 1.59. The van der Waals surface area contributed by atoms with Gasteiger partial charge in [0.25, 0.3) is 5.91 Å². The lowest BCUT2D eigenvalue weighted by Crippen LogP contribution is -2.56. The van der Waals surface area contributed by atoms with Crippen molar-refractivity contribution in [3.63, 3.8) is 0 Å². The summed E-state index contributed by atoms with van der Waals surface area (Å²) < 4.78 is 5.94. The van der Waals surface area contributed by atoms with E-state index in [-0.39, 0.29) is 29.7 Å². The van der Waals surface area contributed by atoms with E-state index in [1.165, 1.54) is 4.90 Å². The molecule has 0 spiro atoms. The average Bonchev–Trinajstić information content (AvgIpc) is 2.80. The first kappa shape index (κ1) is 15.3. The van der Waals surface area contributed by atoms with Crippen molar-refractivity contribution in [1.82, 2.24) is 4.90 Å². The number of hydrogen-bond acceptors (Lipinski definition) is 4. The van der Waals surface area contributed by atoms with E-state index in [9.17, 15) is 14.7 Å². The zero-order chi connectivity index (χ0) is 15.9. The minimum Gasteiger partial charge on any atom is -0.543 e. The molecule has 3 aliphatic rings. The Hall–Kier alpha value is -1.62. The van der Waals surface area contributed by atoms with Gasteiger partial charge in [-0.1, -0.05) is 19.4 Å². The second-order valence-corrected chi connectivity index (χ2v) is 6.21. The first-order valence-corrected chi connectivity index (χ1v) is 8.18. The van der Waals surface area contributed by atoms with Crippen LogP contribution in [0.2, 0.25) is 0 Å². The molecule has 3 rings (SSSR count). The predicted octanol–water partition coefficient (Wildman–Crippen LogP) is 1.15. The summed E-state index contributed by atoms with van der Waals surface area (Å²) in [6.07, 6.45) is 6.36. The largest absolute Gasteiger partial charge is 0.543 e. The Morgan fingerprint density at radius 1 is 1.45 bits per heavy atom. The van der Waals surface area contributed by atoms with E-state index in [0.717, 1.165) is 43.3 Å². The van der Waals surface area contributed by atoms with Crippen LogP contribution in [0.3, 0.4) is 0 Å². The molecule has 0 unspecified atom stereocenters. The van der Waals surface area contributed by atoms with Crippen LogP contribution in [-0.4, -0.2) is 35.5 Å². The average molecular weight is 304 g/mol. The van der Waals surface area contributed by atoms with Crippen LogP contribution in [0.15, 0.2) is 22.9 Å². The van der Waals surface area contributed by atoms with Gasteiger partial charge in [-0.2, -0.15) is 0 Å². The monoisotopic (exact) mass is 304 g/mol. The predicted molar refractivity (Wildman–Crippen MR) is 78.4 cm³/mol. The summed E-state index contributed by atoms with van der Waals surface area (Å²) in [7, 11) is 0. The number of allylic oxidation sites excluding steroid dienone is 1. The van der Waals surface area contributed by atoms with Crippen molar-refractivity contribution in [2.75, 3.05) is 6.61 Å². The van der Waals surface area contributed by atoms with E-state index in [4.69, 9.17) is 4.74 Å². The number of amides is 1. The minimum atomic E-state index is -1.25. The van der Waals surface area contributed by atoms with Crippen LogP contribution in [0, 0.1) is 5.92 Å². The van der Waals surface area contributed by atoms with E-state index in [1.54, 1.807) is 6.08 Å². The topological polar surface area (TPSA) is 69.7 Å². The van der Waals surface area contributed by atoms with Crippen LogP contribution in [0.1, 0.15) is 46.0 Å². The molecule has 22 heavy (non-hydrogen) atoms. The highest BCUT2D eigenvalue weighted by atomic mass is 16.5. The molecule has 0 bridgehead atoms. The molecular formula is C17H22NO4-. The molecule has 5 heteroatoms. The van der Waals surface area contributed by atoms with E-state index < -0.39 is 5.97 Å². The van der Waals surface area contributed by atoms with E-state index in [1.807, 2.05) is 6.92 Å². The van der Waals surface area contributed by atoms with E-state index in [2.05, 4.69) is 6.92 Å². The molecule has 3 atom stereocenters. The lowest BCUT2D eigenvalue weighted by atomic mass is 9.75. The normalized spacial score (nSPS) is 32.1. The maximum Gasteiger partial charge on any atom is 0.256 e. The molecule has 1 amide bonds. The Morgan fingerprint density at radius 3 is 2.86 bits per heavy atom. The van der Waals surface area contributed by atoms with Crippen LogP contribution in [-0.2, 0) is 14.3 Å². The molecule has 0 aromatic rings. The second kappa shape index (κ2) is 5.88. The van der Waals surface area contributed by atoms with Crippen molar-refractivity contribution in [2.24, 2.45) is 5.92 Å². The SMILES string of the molecule is C/C=C1/C(=O)N2C(C(=O)[O-])=C3[C@@H](CCC[C@H]3OCCCC)[C@H]12. The van der Waals surface area contributed by atoms with Gasteiger partial charge in [0.15, 0.2) is 0 Å². The van der Waals surface area contributed by atoms with E-state index in [0.29, 0.717) is 6.61 Å². The lowest BCUT2D eigenvalue weighted by molar-refractivity contribution is -0.301. The Labute approximate surface area is 130 Å². The van der Waals surface area contributed by atoms with Gasteiger partial charge in [0.2, 0.25) is 0 Å². The molecule has 2 fully saturated rings. The molecule has 1 saturated heterocycles. The van der Waals surface area contributed by atoms with Gasteiger partial charge < -0.3 is 14.6 Å². The number of hydrogen-bond donors (Lipinski definition) is 0. The number of rotatable bonds is 5. The number of carboxylic acids is 1. The number of aliphatic carboxylic acids is 1. The summed E-state index contributed by atoms with van der Waals surface area (Å²) >= 11 is 0. The third-order valence-corrected chi connectivity index (χ3v) is 5.01. The molecular weight excluding hydrogens is 282 g/mol. The van der Waals surface area contributed by atoms with Crippen LogP contribution in [0.25, 0.3) is 0 Å². The van der Waals surface area contributed by atoms with Crippen LogP contribution in [0.5, 0.6) is 0 Å². The number of nitrogens with zero attached hydrogens (tertiary/aromatic N) is 1. The van der Waals surface area contributed by atoms with Gasteiger partial charge in [-0.15, -0.1) is 0 Å². The van der Waals surface area contributed by atoms with Crippen molar-refractivity contribution < 1.29 is 19.4 Å². The third kappa shape index (κ3) is 2.10. The number of carboxylic acid groups (broad SMARTS) is 1. The molecule has 1 saturated carbocycles. The quantitative estimate of drug-likeness (QED) is 0.434. The zero-order valence-electron chi connectivity index (χ0n) is 13.1. The second-order valence-electron chi connectivity index (χ2n) is 6.21. The fourth-order valence-corrected chi connectivity index (χ4v) is 4.02. The fourth-order valence-electron chi connectivity index (χ4n) is 4.02. The van der Waals surface area contributed by atoms with Crippen molar-refractivity contribution in [3.8, 4) is 0 Å². The van der Waals surface area contributed by atoms with Gasteiger partial charge in [-0.3, -0.25) is 9.69 Å². The van der Waals surface area contributed by atoms with Gasteiger partial charge in [0.05, 0.1) is 23.8 Å². The van der Waals surface area contributed by atoms with Crippen molar-refractivity contribution in [3.05, 3.63) is 22.9 Å². The highest BCUT2D eigenvalue weighted by Gasteiger charge is 2.56. The number of fused-ring (bicyclic) bond motifs is 3. The fraction of sp³-hybridized carbons (Fsp3) is 0.647. The Balaban J connectivity index is 1.93. The minimum absolute atomic E-state index is 0.0757. The maximum absolute atomic E-state index is 12.2. The number of carbonyl (C=O) groups excluding carboxylic acids is 2. The first-order valence-electron chi connectivity index (χ1n) is 8.18. The summed E-state index contributed by atoms with van der Waals surface area (Å²) in [5.74, 6) is -1.37. The number of β-lactam (4-membered cyclic amide) rings is 1. The third-order valence-electron chi connectivity index (χ3n) is 5.01. The Morgan fingerprint density at radius 2 is 2.23 bits per heavy atom. The molecule has 120 valence electrons. The Bertz CT molecular complexity index is 563. The summed E-state index contributed by atoms with van der Waals surface area (Å²) in [5, 5.41) is 11.6. The van der Waals surface area contributed by atoms with Crippen molar-refractivity contribution in [1.29, 1.82) is 0 Å². The number of ether oxygens (including phenoxy) is 1. The summed E-state index contributed by atoms with van der Waals surface area (Å²) in [6, 6.07) is -0.113. The molecule has 2 aliphatic heterocycles. The van der Waals surface area contributed by atoms with Crippen molar-refractivity contribution in [2.45, 2.75) is 58.1 Å². The highest BCUT2D eigenvalue weighted by molar-refractivity contribution is 6.08. The highest BCUT2D eigenvalue weighted by Crippen LogP contribution is 2.51. The van der Waals surface area contributed by atoms with Gasteiger partial charge in [0, 0.05) is 18.1 Å². The van der Waals surface area contributed by atoms with E-state index >= 15 is 0 Å². The first-order chi connectivity index (χ1) is 10.6. The zero-order valence-corrected chi connectivity index (χ0v) is 13.1. The van der Waals surface area contributed by atoms with Gasteiger partial charge >= 0.3 is 0 Å². The molecule has 2 heterocycles. The van der Waals surface area contributed by atoms with Gasteiger partial charge in [-0.25, -0.2) is 0 Å². The molecule has 5 nitrogen and oxygen atoms in total. The smallest absolute Gasteiger partial charge is 0.256 e. The van der Waals surface area contributed by atoms with Gasteiger partial charge in [0.1, 0.15) is 0 Å². The molecule has 1 aliphatic carbocycles. The van der Waals surface area contributed by atoms with Crippen LogP contribution in [0.4, 0.5) is 0 Å². The lowest BCUT2D eigenvalue weighted by Gasteiger charge is -2.42. The Kier molecular flexibility index (Phi) is 4.08. The van der Waals surface area contributed by atoms with Crippen molar-refractivity contribution >= 4 is 11.9 Å². The molecule has 0 N–H and O–H groups in total. The van der Waals surface area contributed by atoms with Crippen LogP contribution < -0.4 is 5.11 Å². The summed E-state index contributed by atoms with van der Waals surface area (Å²) in [6.45, 7) is 4.56. The standard InChI is InChI=1S/C17H23NO4/c1-3-5-9-22-12-8-6-7-11-13(12)15(17(20)21)18-14(11)10(4-2)16(18)19/h4,11-12,14H,3,5-9H2,1-2H3,(H,20,21)/p-1/b10-4+/t11-,12-,14+/m1/s1. The molecule has 0 aromatic heterocycles. The summed E-state index contributed by atoms with van der Waals surface area (Å²) in [4.78, 5) is 25.2. The van der Waals surface area contributed by atoms with Crippen LogP contribution >= 0.6 is 0 Å². The molecule has 0 radical (unpaired) electrons. The molecule has 0 aromatic carbocycles.